The summed E-state index contributed by atoms with van der Waals surface area (Å²) in [7, 11) is 0. The van der Waals surface area contributed by atoms with E-state index in [0.717, 1.165) is 12.1 Å². The van der Waals surface area contributed by atoms with E-state index in [1.54, 1.807) is 24.3 Å². The summed E-state index contributed by atoms with van der Waals surface area (Å²) in [5, 5.41) is 5.65. The predicted molar refractivity (Wildman–Crippen MR) is 94.1 cm³/mol. The number of hydrogen-bond acceptors (Lipinski definition) is 4. The number of halogens is 3. The van der Waals surface area contributed by atoms with E-state index in [4.69, 9.17) is 9.47 Å². The van der Waals surface area contributed by atoms with E-state index in [9.17, 15) is 18.0 Å². The highest BCUT2D eigenvalue weighted by Gasteiger charge is 2.30. The highest BCUT2D eigenvalue weighted by Crippen LogP contribution is 2.31. The molecule has 0 aliphatic carbocycles. The SMILES string of the molecule is O=C(NC[C@@H]1COCCO1)c1ccccc1Nc1cccc(C(F)(F)F)c1. The zero-order chi connectivity index (χ0) is 19.3. The van der Waals surface area contributed by atoms with Gasteiger partial charge in [-0.2, -0.15) is 13.2 Å². The zero-order valence-electron chi connectivity index (χ0n) is 14.4. The summed E-state index contributed by atoms with van der Waals surface area (Å²) in [6, 6.07) is 11.4. The quantitative estimate of drug-likeness (QED) is 0.832. The van der Waals surface area contributed by atoms with Gasteiger partial charge in [0, 0.05) is 12.2 Å². The molecule has 2 aromatic carbocycles. The van der Waals surface area contributed by atoms with Gasteiger partial charge in [0.05, 0.1) is 42.7 Å². The topological polar surface area (TPSA) is 59.6 Å². The fourth-order valence-corrected chi connectivity index (χ4v) is 2.68. The van der Waals surface area contributed by atoms with Crippen LogP contribution in [0, 0.1) is 0 Å². The molecule has 0 saturated carbocycles. The van der Waals surface area contributed by atoms with Crippen LogP contribution in [0.15, 0.2) is 48.5 Å². The lowest BCUT2D eigenvalue weighted by atomic mass is 10.1. The third-order valence-electron chi connectivity index (χ3n) is 4.02. The van der Waals surface area contributed by atoms with Crippen molar-refractivity contribution in [2.24, 2.45) is 0 Å². The van der Waals surface area contributed by atoms with Crippen molar-refractivity contribution < 1.29 is 27.4 Å². The Balaban J connectivity index is 1.71. The lowest BCUT2D eigenvalue weighted by molar-refractivity contribution is -0.137. The monoisotopic (exact) mass is 380 g/mol. The number of ether oxygens (including phenoxy) is 2. The second-order valence-electron chi connectivity index (χ2n) is 6.03. The lowest BCUT2D eigenvalue weighted by Crippen LogP contribution is -2.39. The van der Waals surface area contributed by atoms with Crippen LogP contribution in [0.2, 0.25) is 0 Å². The van der Waals surface area contributed by atoms with Gasteiger partial charge in [0.15, 0.2) is 0 Å². The maximum atomic E-state index is 12.9. The molecule has 2 aromatic rings. The average Bonchev–Trinajstić information content (AvgIpc) is 2.67. The van der Waals surface area contributed by atoms with E-state index in [0.29, 0.717) is 31.1 Å². The number of hydrogen-bond donors (Lipinski definition) is 2. The van der Waals surface area contributed by atoms with E-state index in [1.165, 1.54) is 12.1 Å². The Kier molecular flexibility index (Phi) is 5.98. The van der Waals surface area contributed by atoms with Crippen LogP contribution < -0.4 is 10.6 Å². The van der Waals surface area contributed by atoms with Gasteiger partial charge in [0.25, 0.3) is 5.91 Å². The summed E-state index contributed by atoms with van der Waals surface area (Å²) < 4.78 is 49.4. The molecule has 8 heteroatoms. The number of rotatable bonds is 5. The number of amides is 1. The lowest BCUT2D eigenvalue weighted by Gasteiger charge is -2.23. The number of alkyl halides is 3. The van der Waals surface area contributed by atoms with E-state index < -0.39 is 11.7 Å². The van der Waals surface area contributed by atoms with E-state index in [-0.39, 0.29) is 24.2 Å². The molecule has 2 N–H and O–H groups in total. The molecule has 1 saturated heterocycles. The molecule has 1 atom stereocenters. The van der Waals surface area contributed by atoms with Gasteiger partial charge in [-0.3, -0.25) is 4.79 Å². The molecule has 1 aliphatic rings. The van der Waals surface area contributed by atoms with Crippen molar-refractivity contribution in [1.82, 2.24) is 5.32 Å². The summed E-state index contributed by atoms with van der Waals surface area (Å²) in [6.07, 6.45) is -4.65. The van der Waals surface area contributed by atoms with Crippen LogP contribution in [0.4, 0.5) is 24.5 Å². The van der Waals surface area contributed by atoms with Crippen molar-refractivity contribution in [3.63, 3.8) is 0 Å². The number of carbonyl (C=O) groups is 1. The molecule has 0 bridgehead atoms. The summed E-state index contributed by atoms with van der Waals surface area (Å²) in [6.45, 7) is 1.71. The molecule has 0 aromatic heterocycles. The second-order valence-corrected chi connectivity index (χ2v) is 6.03. The maximum absolute atomic E-state index is 12.9. The summed E-state index contributed by atoms with van der Waals surface area (Å²) in [5.41, 5.74) is 0.222. The Morgan fingerprint density at radius 1 is 1.11 bits per heavy atom. The highest BCUT2D eigenvalue weighted by atomic mass is 19.4. The largest absolute Gasteiger partial charge is 0.416 e. The molecule has 1 heterocycles. The summed E-state index contributed by atoms with van der Waals surface area (Å²) in [5.74, 6) is -0.348. The van der Waals surface area contributed by atoms with Gasteiger partial charge in [-0.25, -0.2) is 0 Å². The van der Waals surface area contributed by atoms with Gasteiger partial charge in [-0.15, -0.1) is 0 Å². The van der Waals surface area contributed by atoms with Crippen molar-refractivity contribution in [3.05, 3.63) is 59.7 Å². The standard InChI is InChI=1S/C19H19F3N2O3/c20-19(21,22)13-4-3-5-14(10-13)24-17-7-2-1-6-16(17)18(25)23-11-15-12-26-8-9-27-15/h1-7,10,15,24H,8-9,11-12H2,(H,23,25)/t15-/m1/s1. The van der Waals surface area contributed by atoms with Crippen LogP contribution >= 0.6 is 0 Å². The summed E-state index contributed by atoms with van der Waals surface area (Å²) >= 11 is 0. The first kappa shape index (κ1) is 19.2. The number of benzene rings is 2. The van der Waals surface area contributed by atoms with Crippen LogP contribution in [-0.4, -0.2) is 38.4 Å². The number of para-hydroxylation sites is 1. The highest BCUT2D eigenvalue weighted by molar-refractivity contribution is 6.00. The molecule has 1 fully saturated rings. The second kappa shape index (κ2) is 8.41. The zero-order valence-corrected chi connectivity index (χ0v) is 14.4. The van der Waals surface area contributed by atoms with Gasteiger partial charge >= 0.3 is 6.18 Å². The number of nitrogens with one attached hydrogen (secondary N) is 2. The van der Waals surface area contributed by atoms with Crippen molar-refractivity contribution in [1.29, 1.82) is 0 Å². The van der Waals surface area contributed by atoms with Gasteiger partial charge in [0.2, 0.25) is 0 Å². The fourth-order valence-electron chi connectivity index (χ4n) is 2.68. The van der Waals surface area contributed by atoms with E-state index in [1.807, 2.05) is 0 Å². The van der Waals surface area contributed by atoms with Crippen LogP contribution in [-0.2, 0) is 15.7 Å². The molecule has 0 radical (unpaired) electrons. The van der Waals surface area contributed by atoms with E-state index >= 15 is 0 Å². The van der Waals surface area contributed by atoms with Gasteiger partial charge in [-0.05, 0) is 30.3 Å². The molecule has 0 spiro atoms. The molecule has 144 valence electrons. The Labute approximate surface area is 154 Å². The Morgan fingerprint density at radius 3 is 2.67 bits per heavy atom. The number of carbonyl (C=O) groups excluding carboxylic acids is 1. The van der Waals surface area contributed by atoms with Crippen molar-refractivity contribution in [2.45, 2.75) is 12.3 Å². The first-order valence-electron chi connectivity index (χ1n) is 8.44. The molecule has 0 unspecified atom stereocenters. The third kappa shape index (κ3) is 5.21. The van der Waals surface area contributed by atoms with Gasteiger partial charge in [-0.1, -0.05) is 18.2 Å². The summed E-state index contributed by atoms with van der Waals surface area (Å²) in [4.78, 5) is 12.5. The normalized spacial score (nSPS) is 17.4. The molecule has 1 amide bonds. The first-order valence-corrected chi connectivity index (χ1v) is 8.44. The average molecular weight is 380 g/mol. The molecular formula is C19H19F3N2O3. The van der Waals surface area contributed by atoms with Crippen LogP contribution in [0.1, 0.15) is 15.9 Å². The van der Waals surface area contributed by atoms with E-state index in [2.05, 4.69) is 10.6 Å². The first-order chi connectivity index (χ1) is 12.9. The number of anilines is 2. The van der Waals surface area contributed by atoms with Gasteiger partial charge < -0.3 is 20.1 Å². The maximum Gasteiger partial charge on any atom is 0.416 e. The Hall–Kier alpha value is -2.58. The van der Waals surface area contributed by atoms with Crippen molar-refractivity contribution in [2.75, 3.05) is 31.7 Å². The third-order valence-corrected chi connectivity index (χ3v) is 4.02. The fraction of sp³-hybridized carbons (Fsp3) is 0.316. The molecule has 3 rings (SSSR count). The minimum Gasteiger partial charge on any atom is -0.376 e. The van der Waals surface area contributed by atoms with Crippen LogP contribution in [0.3, 0.4) is 0 Å². The van der Waals surface area contributed by atoms with Crippen molar-refractivity contribution >= 4 is 17.3 Å². The minimum absolute atomic E-state index is 0.216. The molecular weight excluding hydrogens is 361 g/mol. The Bertz CT molecular complexity index is 790. The predicted octanol–water partition coefficient (Wildman–Crippen LogP) is 3.59. The molecule has 5 nitrogen and oxygen atoms in total. The van der Waals surface area contributed by atoms with Gasteiger partial charge in [0.1, 0.15) is 0 Å². The van der Waals surface area contributed by atoms with Crippen LogP contribution in [0.5, 0.6) is 0 Å². The van der Waals surface area contributed by atoms with Crippen molar-refractivity contribution in [3.8, 4) is 0 Å². The Morgan fingerprint density at radius 2 is 1.93 bits per heavy atom. The smallest absolute Gasteiger partial charge is 0.376 e. The minimum atomic E-state index is -4.43. The molecule has 27 heavy (non-hydrogen) atoms. The molecule has 1 aliphatic heterocycles. The van der Waals surface area contributed by atoms with Crippen LogP contribution in [0.25, 0.3) is 0 Å².